The molecule has 0 unspecified atom stereocenters. The molecule has 8 nitrogen and oxygen atoms in total. The van der Waals surface area contributed by atoms with E-state index in [2.05, 4.69) is 17.0 Å². The second kappa shape index (κ2) is 10.2. The van der Waals surface area contributed by atoms with Gasteiger partial charge in [-0.15, -0.1) is 0 Å². The molecule has 3 aliphatic rings. The number of rotatable bonds is 7. The predicted octanol–water partition coefficient (Wildman–Crippen LogP) is 2.67. The van der Waals surface area contributed by atoms with Gasteiger partial charge in [0.1, 0.15) is 17.9 Å². The molecule has 2 aromatic rings. The minimum absolute atomic E-state index is 0.173. The molecule has 0 radical (unpaired) electrons. The molecule has 3 aliphatic heterocycles. The smallest absolute Gasteiger partial charge is 0.282 e. The molecule has 0 N–H and O–H groups in total. The molecule has 0 amide bonds. The van der Waals surface area contributed by atoms with E-state index in [9.17, 15) is 13.2 Å². The number of halogens is 1. The number of nitrogens with zero attached hydrogens (tertiary/aromatic N) is 4. The summed E-state index contributed by atoms with van der Waals surface area (Å²) in [4.78, 5) is 16.9. The first-order chi connectivity index (χ1) is 17.2. The number of allylic oxidation sites excluding steroid dienone is 1. The van der Waals surface area contributed by atoms with E-state index in [-0.39, 0.29) is 30.1 Å². The van der Waals surface area contributed by atoms with Gasteiger partial charge in [0, 0.05) is 57.3 Å². The van der Waals surface area contributed by atoms with Crippen LogP contribution in [0.3, 0.4) is 0 Å². The van der Waals surface area contributed by atoms with Gasteiger partial charge >= 0.3 is 0 Å². The summed E-state index contributed by atoms with van der Waals surface area (Å²) in [6.45, 7) is 3.62. The van der Waals surface area contributed by atoms with Crippen molar-refractivity contribution in [3.05, 3.63) is 75.1 Å². The maximum Gasteiger partial charge on any atom is 0.282 e. The van der Waals surface area contributed by atoms with Gasteiger partial charge in [-0.1, -0.05) is 24.3 Å². The molecular weight excluding hydrogens is 483 g/mol. The van der Waals surface area contributed by atoms with Crippen LogP contribution < -0.4 is 5.43 Å². The highest BCUT2D eigenvalue weighted by Crippen LogP contribution is 2.30. The van der Waals surface area contributed by atoms with Crippen LogP contribution in [0.4, 0.5) is 4.39 Å². The Labute approximate surface area is 211 Å². The molecular formula is C26H33FN4O4S. The van der Waals surface area contributed by atoms with Crippen molar-refractivity contribution in [3.63, 3.8) is 0 Å². The minimum Gasteiger partial charge on any atom is -0.467 e. The average molecular weight is 517 g/mol. The number of benzene rings is 1. The van der Waals surface area contributed by atoms with E-state index >= 15 is 4.39 Å². The van der Waals surface area contributed by atoms with E-state index in [0.717, 1.165) is 13.1 Å². The van der Waals surface area contributed by atoms with E-state index in [1.807, 2.05) is 31.1 Å². The minimum atomic E-state index is -3.51. The van der Waals surface area contributed by atoms with Gasteiger partial charge in [-0.3, -0.25) is 9.69 Å². The fourth-order valence-electron chi connectivity index (χ4n) is 5.11. The molecule has 2 saturated heterocycles. The lowest BCUT2D eigenvalue weighted by molar-refractivity contribution is 0.123. The third kappa shape index (κ3) is 5.19. The van der Waals surface area contributed by atoms with E-state index in [1.165, 1.54) is 38.1 Å². The van der Waals surface area contributed by atoms with Crippen LogP contribution in [0.2, 0.25) is 0 Å². The van der Waals surface area contributed by atoms with E-state index in [0.29, 0.717) is 38.2 Å². The average Bonchev–Trinajstić information content (AvgIpc) is 3.21. The van der Waals surface area contributed by atoms with Crippen molar-refractivity contribution in [1.82, 2.24) is 18.4 Å². The van der Waals surface area contributed by atoms with Crippen molar-refractivity contribution in [1.29, 1.82) is 0 Å². The van der Waals surface area contributed by atoms with Gasteiger partial charge in [0.05, 0.1) is 12.1 Å². The lowest BCUT2D eigenvalue weighted by atomic mass is 9.95. The Hall–Kier alpha value is -2.37. The molecule has 0 spiro atoms. The Bertz CT molecular complexity index is 1270. The fraction of sp³-hybridized carbons (Fsp3) is 0.500. The monoisotopic (exact) mass is 516 g/mol. The Balaban J connectivity index is 1.16. The third-order valence-electron chi connectivity index (χ3n) is 7.55. The number of piperidine rings is 1. The molecule has 1 aromatic carbocycles. The Morgan fingerprint density at radius 2 is 1.75 bits per heavy atom. The van der Waals surface area contributed by atoms with E-state index in [4.69, 9.17) is 4.42 Å². The highest BCUT2D eigenvalue weighted by molar-refractivity contribution is 7.86. The molecule has 0 aliphatic carbocycles. The molecule has 0 saturated carbocycles. The highest BCUT2D eigenvalue weighted by atomic mass is 32.2. The van der Waals surface area contributed by atoms with Crippen LogP contribution in [-0.2, 0) is 29.8 Å². The van der Waals surface area contributed by atoms with Crippen molar-refractivity contribution in [2.75, 3.05) is 40.3 Å². The second-order valence-corrected chi connectivity index (χ2v) is 12.2. The Morgan fingerprint density at radius 3 is 2.33 bits per heavy atom. The Kier molecular flexibility index (Phi) is 7.15. The zero-order valence-electron chi connectivity index (χ0n) is 20.8. The van der Waals surface area contributed by atoms with Gasteiger partial charge in [-0.2, -0.15) is 17.0 Å². The summed E-state index contributed by atoms with van der Waals surface area (Å²) in [7, 11) is 0.371. The first-order valence-electron chi connectivity index (χ1n) is 12.4. The standard InChI is InChI=1S/C26H33FN4O4S/c1-28(2)23-15-31(16-23)36(33,34)30-9-7-19(8-10-30)25(27)11-22-18-35-24(12-26(22)32)17-29-13-20-5-3-4-6-21(20)14-29/h3-6,11-12,18-19,23H,7-10,13-17H2,1-2H3/b25-11-. The van der Waals surface area contributed by atoms with Crippen molar-refractivity contribution in [2.24, 2.45) is 5.92 Å². The van der Waals surface area contributed by atoms with Crippen molar-refractivity contribution >= 4 is 16.3 Å². The molecule has 0 bridgehead atoms. The number of hydrogen-bond donors (Lipinski definition) is 0. The van der Waals surface area contributed by atoms with Crippen molar-refractivity contribution < 1.29 is 17.2 Å². The molecule has 4 heterocycles. The van der Waals surface area contributed by atoms with Gasteiger partial charge in [-0.25, -0.2) is 4.39 Å². The lowest BCUT2D eigenvalue weighted by Crippen LogP contribution is -2.62. The summed E-state index contributed by atoms with van der Waals surface area (Å²) in [5.74, 6) is -0.269. The summed E-state index contributed by atoms with van der Waals surface area (Å²) in [5.41, 5.74) is 2.45. The molecule has 10 heteroatoms. The van der Waals surface area contributed by atoms with E-state index < -0.39 is 22.0 Å². The summed E-state index contributed by atoms with van der Waals surface area (Å²) >= 11 is 0. The van der Waals surface area contributed by atoms with Crippen LogP contribution in [0.25, 0.3) is 6.08 Å². The summed E-state index contributed by atoms with van der Waals surface area (Å²) < 4.78 is 49.3. The number of fused-ring (bicyclic) bond motifs is 1. The number of likely N-dealkylation sites (N-methyl/N-ethyl adjacent to an activating group) is 1. The maximum atomic E-state index is 15.0. The first kappa shape index (κ1) is 25.3. The summed E-state index contributed by atoms with van der Waals surface area (Å²) in [6.07, 6.45) is 3.33. The molecule has 2 fully saturated rings. The van der Waals surface area contributed by atoms with Crippen molar-refractivity contribution in [2.45, 2.75) is 38.5 Å². The molecule has 194 valence electrons. The maximum absolute atomic E-state index is 15.0. The molecule has 36 heavy (non-hydrogen) atoms. The van der Waals surface area contributed by atoms with Gasteiger partial charge in [0.15, 0.2) is 5.43 Å². The van der Waals surface area contributed by atoms with Gasteiger partial charge in [-0.05, 0) is 44.1 Å². The molecule has 0 atom stereocenters. The fourth-order valence-corrected chi connectivity index (χ4v) is 6.83. The van der Waals surface area contributed by atoms with Gasteiger partial charge in [0.25, 0.3) is 10.2 Å². The van der Waals surface area contributed by atoms with Gasteiger partial charge < -0.3 is 9.32 Å². The Morgan fingerprint density at radius 1 is 1.11 bits per heavy atom. The normalized spacial score (nSPS) is 21.2. The van der Waals surface area contributed by atoms with Crippen LogP contribution in [0.15, 0.2) is 51.6 Å². The van der Waals surface area contributed by atoms with Gasteiger partial charge in [0.2, 0.25) is 0 Å². The topological polar surface area (TPSA) is 77.3 Å². The van der Waals surface area contributed by atoms with Crippen LogP contribution in [-0.4, -0.2) is 73.1 Å². The van der Waals surface area contributed by atoms with Crippen LogP contribution >= 0.6 is 0 Å². The first-order valence-corrected chi connectivity index (χ1v) is 13.8. The number of hydrogen-bond acceptors (Lipinski definition) is 6. The second-order valence-electron chi connectivity index (χ2n) is 10.2. The highest BCUT2D eigenvalue weighted by Gasteiger charge is 2.41. The predicted molar refractivity (Wildman–Crippen MR) is 136 cm³/mol. The summed E-state index contributed by atoms with van der Waals surface area (Å²) in [5, 5.41) is 0. The largest absolute Gasteiger partial charge is 0.467 e. The zero-order valence-corrected chi connectivity index (χ0v) is 21.6. The van der Waals surface area contributed by atoms with Crippen LogP contribution in [0.5, 0.6) is 0 Å². The lowest BCUT2D eigenvalue weighted by Gasteiger charge is -2.44. The quantitative estimate of drug-likeness (QED) is 0.563. The van der Waals surface area contributed by atoms with Crippen LogP contribution in [0, 0.1) is 5.92 Å². The van der Waals surface area contributed by atoms with Crippen molar-refractivity contribution in [3.8, 4) is 0 Å². The third-order valence-corrected chi connectivity index (χ3v) is 9.52. The summed E-state index contributed by atoms with van der Waals surface area (Å²) in [6, 6.07) is 9.93. The zero-order chi connectivity index (χ0) is 25.4. The SMILES string of the molecule is CN(C)C1CN(S(=O)(=O)N2CCC(/C(F)=C/c3coc(CN4Cc5ccccc5C4)cc3=O)CC2)C1. The van der Waals surface area contributed by atoms with E-state index in [1.54, 1.807) is 0 Å². The molecule has 5 rings (SSSR count). The van der Waals surface area contributed by atoms with Crippen LogP contribution in [0.1, 0.15) is 35.3 Å². The molecule has 1 aromatic heterocycles.